The molecule has 1 aromatic heterocycles. The summed E-state index contributed by atoms with van der Waals surface area (Å²) in [4.78, 5) is 0. The van der Waals surface area contributed by atoms with E-state index in [9.17, 15) is 0 Å². The van der Waals surface area contributed by atoms with Crippen molar-refractivity contribution in [3.63, 3.8) is 0 Å². The van der Waals surface area contributed by atoms with Crippen LogP contribution in [0.1, 0.15) is 44.8 Å². The number of hydrogen-bond acceptors (Lipinski definition) is 4. The second-order valence-electron chi connectivity index (χ2n) is 5.43. The van der Waals surface area contributed by atoms with Crippen LogP contribution in [0.25, 0.3) is 0 Å². The third kappa shape index (κ3) is 2.43. The molecule has 5 heteroatoms. The standard InChI is InChI=1S/C13H24N4O/c1-10(2)17-8-5-11(16-17)9-12(15-14)13(18-3)6-4-7-13/h5,8,10,12,15H,4,6-7,9,14H2,1-3H3. The van der Waals surface area contributed by atoms with Gasteiger partial charge in [0.25, 0.3) is 0 Å². The highest BCUT2D eigenvalue weighted by atomic mass is 16.5. The normalized spacial score (nSPS) is 19.8. The quantitative estimate of drug-likeness (QED) is 0.593. The first kappa shape index (κ1) is 13.5. The zero-order chi connectivity index (χ0) is 13.2. The van der Waals surface area contributed by atoms with Crippen LogP contribution < -0.4 is 11.3 Å². The fourth-order valence-corrected chi connectivity index (χ4v) is 2.60. The number of nitrogens with zero attached hydrogens (tertiary/aromatic N) is 2. The van der Waals surface area contributed by atoms with Crippen molar-refractivity contribution >= 4 is 0 Å². The van der Waals surface area contributed by atoms with Gasteiger partial charge in [-0.2, -0.15) is 5.10 Å². The SMILES string of the molecule is COC1(C(Cc2ccn(C(C)C)n2)NN)CCC1. The fourth-order valence-electron chi connectivity index (χ4n) is 2.60. The first-order valence-electron chi connectivity index (χ1n) is 6.66. The molecule has 1 aliphatic carbocycles. The molecule has 1 fully saturated rings. The van der Waals surface area contributed by atoms with Crippen molar-refractivity contribution in [1.82, 2.24) is 15.2 Å². The van der Waals surface area contributed by atoms with Gasteiger partial charge in [-0.05, 0) is 39.2 Å². The number of rotatable bonds is 6. The summed E-state index contributed by atoms with van der Waals surface area (Å²) in [7, 11) is 1.77. The minimum atomic E-state index is -0.101. The molecule has 1 unspecified atom stereocenters. The van der Waals surface area contributed by atoms with E-state index in [1.807, 2.05) is 10.9 Å². The molecule has 1 aromatic rings. The molecule has 18 heavy (non-hydrogen) atoms. The van der Waals surface area contributed by atoms with Crippen LogP contribution in [0.3, 0.4) is 0 Å². The Morgan fingerprint density at radius 1 is 1.56 bits per heavy atom. The number of methoxy groups -OCH3 is 1. The first-order chi connectivity index (χ1) is 8.61. The van der Waals surface area contributed by atoms with Gasteiger partial charge in [-0.25, -0.2) is 0 Å². The molecule has 0 aliphatic heterocycles. The van der Waals surface area contributed by atoms with E-state index in [0.717, 1.165) is 25.0 Å². The van der Waals surface area contributed by atoms with Crippen LogP contribution in [-0.2, 0) is 11.2 Å². The van der Waals surface area contributed by atoms with Gasteiger partial charge in [0, 0.05) is 25.8 Å². The molecule has 102 valence electrons. The van der Waals surface area contributed by atoms with E-state index in [4.69, 9.17) is 10.6 Å². The molecule has 3 N–H and O–H groups in total. The lowest BCUT2D eigenvalue weighted by atomic mass is 9.73. The second kappa shape index (κ2) is 5.38. The number of aromatic nitrogens is 2. The van der Waals surface area contributed by atoms with Gasteiger partial charge in [-0.1, -0.05) is 0 Å². The summed E-state index contributed by atoms with van der Waals surface area (Å²) in [6, 6.07) is 2.58. The van der Waals surface area contributed by atoms with Gasteiger partial charge in [0.2, 0.25) is 0 Å². The van der Waals surface area contributed by atoms with Crippen LogP contribution in [0.15, 0.2) is 12.3 Å². The lowest BCUT2D eigenvalue weighted by Gasteiger charge is -2.46. The molecule has 1 aliphatic rings. The molecule has 1 saturated carbocycles. The smallest absolute Gasteiger partial charge is 0.0848 e. The Balaban J connectivity index is 2.05. The number of hydrogen-bond donors (Lipinski definition) is 2. The first-order valence-corrected chi connectivity index (χ1v) is 6.66. The van der Waals surface area contributed by atoms with Crippen molar-refractivity contribution < 1.29 is 4.74 Å². The molecule has 0 saturated heterocycles. The zero-order valence-electron chi connectivity index (χ0n) is 11.5. The Kier molecular flexibility index (Phi) is 4.04. The van der Waals surface area contributed by atoms with Crippen LogP contribution in [0.4, 0.5) is 0 Å². The minimum Gasteiger partial charge on any atom is -0.377 e. The van der Waals surface area contributed by atoms with E-state index >= 15 is 0 Å². The Morgan fingerprint density at radius 3 is 2.67 bits per heavy atom. The topological polar surface area (TPSA) is 65.1 Å². The van der Waals surface area contributed by atoms with E-state index < -0.39 is 0 Å². The van der Waals surface area contributed by atoms with Gasteiger partial charge in [-0.3, -0.25) is 16.0 Å². The average Bonchev–Trinajstić information content (AvgIpc) is 2.75. The summed E-state index contributed by atoms with van der Waals surface area (Å²) in [6.07, 6.45) is 6.19. The van der Waals surface area contributed by atoms with Crippen LogP contribution >= 0.6 is 0 Å². The highest BCUT2D eigenvalue weighted by Gasteiger charge is 2.44. The fraction of sp³-hybridized carbons (Fsp3) is 0.769. The average molecular weight is 252 g/mol. The van der Waals surface area contributed by atoms with Crippen LogP contribution in [0.5, 0.6) is 0 Å². The van der Waals surface area contributed by atoms with Gasteiger partial charge in [0.05, 0.1) is 17.3 Å². The van der Waals surface area contributed by atoms with Crippen molar-refractivity contribution in [2.24, 2.45) is 5.84 Å². The van der Waals surface area contributed by atoms with Crippen molar-refractivity contribution in [3.05, 3.63) is 18.0 Å². The summed E-state index contributed by atoms with van der Waals surface area (Å²) in [5.74, 6) is 5.69. The summed E-state index contributed by atoms with van der Waals surface area (Å²) in [6.45, 7) is 4.25. The van der Waals surface area contributed by atoms with E-state index in [0.29, 0.717) is 6.04 Å². The zero-order valence-corrected chi connectivity index (χ0v) is 11.5. The van der Waals surface area contributed by atoms with Crippen LogP contribution in [0, 0.1) is 0 Å². The monoisotopic (exact) mass is 252 g/mol. The Labute approximate surface area is 109 Å². The van der Waals surface area contributed by atoms with E-state index in [1.165, 1.54) is 6.42 Å². The van der Waals surface area contributed by atoms with Crippen LogP contribution in [-0.4, -0.2) is 28.5 Å². The van der Waals surface area contributed by atoms with Crippen molar-refractivity contribution in [2.75, 3.05) is 7.11 Å². The lowest BCUT2D eigenvalue weighted by Crippen LogP contribution is -2.59. The Morgan fingerprint density at radius 2 is 2.28 bits per heavy atom. The van der Waals surface area contributed by atoms with Gasteiger partial charge < -0.3 is 4.74 Å². The maximum atomic E-state index is 5.69. The Bertz CT molecular complexity index is 379. The molecule has 5 nitrogen and oxygen atoms in total. The molecule has 2 rings (SSSR count). The molecule has 0 radical (unpaired) electrons. The number of nitrogens with one attached hydrogen (secondary N) is 1. The third-order valence-corrected chi connectivity index (χ3v) is 4.05. The summed E-state index contributed by atoms with van der Waals surface area (Å²) >= 11 is 0. The third-order valence-electron chi connectivity index (χ3n) is 4.05. The predicted molar refractivity (Wildman–Crippen MR) is 71.0 cm³/mol. The number of nitrogens with two attached hydrogens (primary N) is 1. The van der Waals surface area contributed by atoms with Gasteiger partial charge in [0.1, 0.15) is 0 Å². The molecule has 0 aromatic carbocycles. The summed E-state index contributed by atoms with van der Waals surface area (Å²) in [5.41, 5.74) is 3.87. The highest BCUT2D eigenvalue weighted by molar-refractivity contribution is 5.08. The van der Waals surface area contributed by atoms with Crippen LogP contribution in [0.2, 0.25) is 0 Å². The molecule has 0 amide bonds. The van der Waals surface area contributed by atoms with Crippen molar-refractivity contribution in [3.8, 4) is 0 Å². The Hall–Kier alpha value is -0.910. The van der Waals surface area contributed by atoms with Gasteiger partial charge in [0.15, 0.2) is 0 Å². The number of ether oxygens (including phenoxy) is 1. The molecule has 1 heterocycles. The number of hydrazine groups is 1. The van der Waals surface area contributed by atoms with E-state index in [-0.39, 0.29) is 11.6 Å². The molecular weight excluding hydrogens is 228 g/mol. The predicted octanol–water partition coefficient (Wildman–Crippen LogP) is 1.41. The molecule has 0 spiro atoms. The molecule has 1 atom stereocenters. The maximum Gasteiger partial charge on any atom is 0.0848 e. The maximum absolute atomic E-state index is 5.69. The largest absolute Gasteiger partial charge is 0.377 e. The van der Waals surface area contributed by atoms with Gasteiger partial charge in [-0.15, -0.1) is 0 Å². The highest BCUT2D eigenvalue weighted by Crippen LogP contribution is 2.38. The molecule has 0 bridgehead atoms. The minimum absolute atomic E-state index is 0.101. The van der Waals surface area contributed by atoms with Gasteiger partial charge >= 0.3 is 0 Å². The van der Waals surface area contributed by atoms with Crippen molar-refractivity contribution in [2.45, 2.75) is 57.2 Å². The second-order valence-corrected chi connectivity index (χ2v) is 5.43. The molecular formula is C13H24N4O. The van der Waals surface area contributed by atoms with E-state index in [1.54, 1.807) is 7.11 Å². The summed E-state index contributed by atoms with van der Waals surface area (Å²) < 4.78 is 7.65. The summed E-state index contributed by atoms with van der Waals surface area (Å²) in [5, 5.41) is 4.57. The van der Waals surface area contributed by atoms with Crippen molar-refractivity contribution in [1.29, 1.82) is 0 Å². The lowest BCUT2D eigenvalue weighted by molar-refractivity contribution is -0.0984. The van der Waals surface area contributed by atoms with E-state index in [2.05, 4.69) is 30.4 Å².